The van der Waals surface area contributed by atoms with Gasteiger partial charge in [-0.1, -0.05) is 12.1 Å². The highest BCUT2D eigenvalue weighted by Gasteiger charge is 2.22. The first-order chi connectivity index (χ1) is 15.0. The van der Waals surface area contributed by atoms with Crippen molar-refractivity contribution >= 4 is 17.5 Å². The van der Waals surface area contributed by atoms with Gasteiger partial charge >= 0.3 is 6.03 Å². The fourth-order valence-electron chi connectivity index (χ4n) is 3.63. The quantitative estimate of drug-likeness (QED) is 0.691. The van der Waals surface area contributed by atoms with Gasteiger partial charge in [0.25, 0.3) is 0 Å². The van der Waals surface area contributed by atoms with Crippen molar-refractivity contribution in [3.05, 3.63) is 65.7 Å². The number of rotatable bonds is 4. The minimum atomic E-state index is -0.0608. The third-order valence-corrected chi connectivity index (χ3v) is 5.77. The number of nitrogens with zero attached hydrogens (tertiary/aromatic N) is 4. The Labute approximate surface area is 182 Å². The lowest BCUT2D eigenvalue weighted by atomic mass is 10.1. The lowest BCUT2D eigenvalue weighted by molar-refractivity contribution is 0.208. The highest BCUT2D eigenvalue weighted by Crippen LogP contribution is 2.22. The van der Waals surface area contributed by atoms with Crippen molar-refractivity contribution in [2.45, 2.75) is 13.8 Å². The van der Waals surface area contributed by atoms with Crippen LogP contribution in [0.4, 0.5) is 16.3 Å². The predicted octanol–water partition coefficient (Wildman–Crippen LogP) is 4.12. The summed E-state index contributed by atoms with van der Waals surface area (Å²) in [5.74, 6) is 1.64. The Kier molecular flexibility index (Phi) is 6.02. The Hall–Kier alpha value is -3.61. The van der Waals surface area contributed by atoms with Crippen molar-refractivity contribution < 1.29 is 9.53 Å². The van der Waals surface area contributed by atoms with Crippen LogP contribution in [0.25, 0.3) is 11.3 Å². The molecular formula is C24H27N5O2. The zero-order chi connectivity index (χ0) is 21.8. The van der Waals surface area contributed by atoms with Gasteiger partial charge in [0, 0.05) is 37.4 Å². The van der Waals surface area contributed by atoms with Gasteiger partial charge in [0.1, 0.15) is 5.75 Å². The smallest absolute Gasteiger partial charge is 0.321 e. The summed E-state index contributed by atoms with van der Waals surface area (Å²) in [5, 5.41) is 11.8. The number of hydrogen-bond acceptors (Lipinski definition) is 5. The maximum atomic E-state index is 12.7. The molecule has 3 aromatic rings. The molecule has 1 aliphatic rings. The molecule has 0 spiro atoms. The van der Waals surface area contributed by atoms with Crippen molar-refractivity contribution in [3.63, 3.8) is 0 Å². The number of methoxy groups -OCH3 is 1. The molecule has 0 unspecified atom stereocenters. The van der Waals surface area contributed by atoms with Crippen LogP contribution in [-0.2, 0) is 0 Å². The van der Waals surface area contributed by atoms with Crippen LogP contribution in [0, 0.1) is 13.8 Å². The van der Waals surface area contributed by atoms with Gasteiger partial charge in [-0.3, -0.25) is 0 Å². The summed E-state index contributed by atoms with van der Waals surface area (Å²) in [7, 11) is 1.65. The zero-order valence-corrected chi connectivity index (χ0v) is 18.1. The Bertz CT molecular complexity index is 1040. The number of carbonyl (C=O) groups excluding carboxylic acids is 1. The summed E-state index contributed by atoms with van der Waals surface area (Å²) in [6, 6.07) is 17.6. The van der Waals surface area contributed by atoms with Crippen LogP contribution in [0.2, 0.25) is 0 Å². The van der Waals surface area contributed by atoms with Crippen LogP contribution in [0.1, 0.15) is 11.1 Å². The Morgan fingerprint density at radius 2 is 1.68 bits per heavy atom. The topological polar surface area (TPSA) is 70.6 Å². The van der Waals surface area contributed by atoms with Crippen molar-refractivity contribution in [2.24, 2.45) is 0 Å². The molecule has 1 aromatic heterocycles. The van der Waals surface area contributed by atoms with Gasteiger partial charge in [-0.2, -0.15) is 0 Å². The number of anilines is 2. The van der Waals surface area contributed by atoms with Crippen LogP contribution < -0.4 is 15.0 Å². The molecular weight excluding hydrogens is 390 g/mol. The molecule has 0 atom stereocenters. The van der Waals surface area contributed by atoms with E-state index in [-0.39, 0.29) is 6.03 Å². The summed E-state index contributed by atoms with van der Waals surface area (Å²) in [4.78, 5) is 16.7. The molecule has 2 aromatic carbocycles. The van der Waals surface area contributed by atoms with Crippen LogP contribution in [0.15, 0.2) is 54.6 Å². The Morgan fingerprint density at radius 1 is 0.935 bits per heavy atom. The summed E-state index contributed by atoms with van der Waals surface area (Å²) < 4.78 is 5.20. The van der Waals surface area contributed by atoms with Gasteiger partial charge in [-0.15, -0.1) is 10.2 Å². The van der Waals surface area contributed by atoms with Crippen molar-refractivity contribution in [1.29, 1.82) is 0 Å². The van der Waals surface area contributed by atoms with Gasteiger partial charge in [-0.25, -0.2) is 4.79 Å². The average Bonchev–Trinajstić information content (AvgIpc) is 2.82. The number of aryl methyl sites for hydroxylation is 1. The predicted molar refractivity (Wildman–Crippen MR) is 123 cm³/mol. The molecule has 1 saturated heterocycles. The molecule has 4 rings (SSSR count). The van der Waals surface area contributed by atoms with Crippen LogP contribution in [0.3, 0.4) is 0 Å². The SMILES string of the molecule is COc1ccc(-c2ccc(N3CCN(C(=O)Nc4cccc(C)c4C)CC3)nn2)cc1. The number of aromatic nitrogens is 2. The van der Waals surface area contributed by atoms with Crippen LogP contribution in [-0.4, -0.2) is 54.4 Å². The minimum absolute atomic E-state index is 0.0608. The maximum Gasteiger partial charge on any atom is 0.321 e. The Morgan fingerprint density at radius 3 is 2.32 bits per heavy atom. The lowest BCUT2D eigenvalue weighted by Gasteiger charge is -2.35. The second-order valence-corrected chi connectivity index (χ2v) is 7.66. The second-order valence-electron chi connectivity index (χ2n) is 7.66. The van der Waals surface area contributed by atoms with E-state index in [1.807, 2.05) is 73.3 Å². The summed E-state index contributed by atoms with van der Waals surface area (Å²) in [5.41, 5.74) is 4.94. The number of carbonyl (C=O) groups is 1. The van der Waals surface area contributed by atoms with Crippen LogP contribution in [0.5, 0.6) is 5.75 Å². The number of piperazine rings is 1. The summed E-state index contributed by atoms with van der Waals surface area (Å²) >= 11 is 0. The maximum absolute atomic E-state index is 12.7. The molecule has 2 heterocycles. The highest BCUT2D eigenvalue weighted by molar-refractivity contribution is 5.90. The van der Waals surface area contributed by atoms with E-state index in [1.165, 1.54) is 5.56 Å². The monoisotopic (exact) mass is 417 g/mol. The van der Waals surface area contributed by atoms with Gasteiger partial charge in [-0.05, 0) is 67.4 Å². The zero-order valence-electron chi connectivity index (χ0n) is 18.1. The highest BCUT2D eigenvalue weighted by atomic mass is 16.5. The fraction of sp³-hybridized carbons (Fsp3) is 0.292. The van der Waals surface area contributed by atoms with Crippen LogP contribution >= 0.6 is 0 Å². The van der Waals surface area contributed by atoms with Gasteiger partial charge < -0.3 is 19.9 Å². The van der Waals surface area contributed by atoms with E-state index < -0.39 is 0 Å². The normalized spacial score (nSPS) is 13.8. The Balaban J connectivity index is 1.35. The molecule has 1 N–H and O–H groups in total. The van der Waals surface area contributed by atoms with E-state index in [1.54, 1.807) is 7.11 Å². The summed E-state index contributed by atoms with van der Waals surface area (Å²) in [6.07, 6.45) is 0. The molecule has 1 fully saturated rings. The largest absolute Gasteiger partial charge is 0.497 e. The number of amides is 2. The van der Waals surface area contributed by atoms with Gasteiger partial charge in [0.15, 0.2) is 5.82 Å². The summed E-state index contributed by atoms with van der Waals surface area (Å²) in [6.45, 7) is 6.78. The molecule has 7 heteroatoms. The van der Waals surface area contributed by atoms with E-state index in [9.17, 15) is 4.79 Å². The van der Waals surface area contributed by atoms with E-state index >= 15 is 0 Å². The van der Waals surface area contributed by atoms with Gasteiger partial charge in [0.2, 0.25) is 0 Å². The first-order valence-corrected chi connectivity index (χ1v) is 10.4. The molecule has 31 heavy (non-hydrogen) atoms. The third-order valence-electron chi connectivity index (χ3n) is 5.77. The number of benzene rings is 2. The van der Waals surface area contributed by atoms with E-state index in [0.717, 1.165) is 47.2 Å². The lowest BCUT2D eigenvalue weighted by Crippen LogP contribution is -2.50. The number of ether oxygens (including phenoxy) is 1. The number of nitrogens with one attached hydrogen (secondary N) is 1. The van der Waals surface area contributed by atoms with E-state index in [0.29, 0.717) is 13.1 Å². The molecule has 0 aliphatic carbocycles. The molecule has 160 valence electrons. The molecule has 0 saturated carbocycles. The molecule has 0 bridgehead atoms. The average molecular weight is 418 g/mol. The minimum Gasteiger partial charge on any atom is -0.497 e. The van der Waals surface area contributed by atoms with E-state index in [2.05, 4.69) is 20.4 Å². The molecule has 7 nitrogen and oxygen atoms in total. The first kappa shape index (κ1) is 20.7. The van der Waals surface area contributed by atoms with Crippen molar-refractivity contribution in [3.8, 4) is 17.0 Å². The van der Waals surface area contributed by atoms with Crippen molar-refractivity contribution in [2.75, 3.05) is 43.5 Å². The van der Waals surface area contributed by atoms with E-state index in [4.69, 9.17) is 4.74 Å². The molecule has 1 aliphatic heterocycles. The van der Waals surface area contributed by atoms with Crippen molar-refractivity contribution in [1.82, 2.24) is 15.1 Å². The number of urea groups is 1. The molecule has 0 radical (unpaired) electrons. The second kappa shape index (κ2) is 9.04. The first-order valence-electron chi connectivity index (χ1n) is 10.4. The number of hydrogen-bond donors (Lipinski definition) is 1. The standard InChI is InChI=1S/C24H27N5O2/c1-17-5-4-6-21(18(17)2)25-24(30)29-15-13-28(14-16-29)23-12-11-22(26-27-23)19-7-9-20(31-3)10-8-19/h4-12H,13-16H2,1-3H3,(H,25,30). The fourth-order valence-corrected chi connectivity index (χ4v) is 3.63. The third kappa shape index (κ3) is 4.60. The van der Waals surface area contributed by atoms with Gasteiger partial charge in [0.05, 0.1) is 12.8 Å². The molecule has 2 amide bonds.